The number of hydrogen-bond donors (Lipinski definition) is 1. The summed E-state index contributed by atoms with van der Waals surface area (Å²) in [5.74, 6) is 0. The molecule has 5 nitrogen and oxygen atoms in total. The molecule has 0 aliphatic rings. The van der Waals surface area contributed by atoms with Crippen LogP contribution in [0, 0.1) is 0 Å². The van der Waals surface area contributed by atoms with Crippen molar-refractivity contribution in [3.63, 3.8) is 0 Å². The molecule has 0 radical (unpaired) electrons. The molecule has 1 N–H and O–H groups in total. The monoisotopic (exact) mass is 121 g/mol. The van der Waals surface area contributed by atoms with Crippen LogP contribution in [0.25, 0.3) is 0 Å². The van der Waals surface area contributed by atoms with Gasteiger partial charge in [0.25, 0.3) is 0 Å². The molecule has 0 aromatic carbocycles. The molecule has 7 heavy (non-hydrogen) atoms. The van der Waals surface area contributed by atoms with Gasteiger partial charge in [-0.2, -0.15) is 0 Å². The largest absolute Gasteiger partial charge is 2.00 e. The van der Waals surface area contributed by atoms with Crippen LogP contribution in [0.5, 0.6) is 0 Å². The molecule has 0 saturated carbocycles. The Balaban J connectivity index is 0. The molecule has 0 aliphatic heterocycles. The predicted molar refractivity (Wildman–Crippen MR) is 17.1 cm³/mol. The van der Waals surface area contributed by atoms with Crippen LogP contribution in [0.4, 0.5) is 0 Å². The Bertz CT molecular complexity index is 72.1. The first-order valence-corrected chi connectivity index (χ1v) is 2.37. The molecule has 0 rings (SSSR count). The molecule has 0 aromatic heterocycles. The maximum atomic E-state index is 9.00. The minimum absolute atomic E-state index is 0. The van der Waals surface area contributed by atoms with Gasteiger partial charge in [-0.3, -0.25) is 0 Å². The van der Waals surface area contributed by atoms with Crippen molar-refractivity contribution >= 4 is 17.9 Å². The summed E-state index contributed by atoms with van der Waals surface area (Å²) in [6, 6.07) is 0. The second-order valence-electron chi connectivity index (χ2n) is 0.529. The fourth-order valence-corrected chi connectivity index (χ4v) is 0. The quantitative estimate of drug-likeness (QED) is 0.186. The summed E-state index contributed by atoms with van der Waals surface area (Å²) in [4.78, 5) is 18.0. The van der Waals surface area contributed by atoms with Gasteiger partial charge in [0.1, 0.15) is 0 Å². The molecule has 0 aromatic rings. The number of rotatable bonds is 1. The van der Waals surface area contributed by atoms with Crippen molar-refractivity contribution in [1.82, 2.24) is 0 Å². The van der Waals surface area contributed by atoms with Crippen molar-refractivity contribution in [3.8, 4) is 0 Å². The van der Waals surface area contributed by atoms with Crippen LogP contribution in [0.15, 0.2) is 0 Å². The Labute approximate surface area is 43.3 Å². The number of hydrogen-bond acceptors (Lipinski definition) is 5. The zero-order valence-electron chi connectivity index (χ0n) is 3.23. The molecule has 7 heteroatoms. The molecule has 0 saturated heterocycles. The van der Waals surface area contributed by atoms with Crippen LogP contribution in [0.2, 0.25) is 0 Å². The van der Waals surface area contributed by atoms with Gasteiger partial charge >= 0.3 is 10.1 Å². The van der Waals surface area contributed by atoms with Gasteiger partial charge in [0.05, 0.1) is 7.82 Å². The predicted octanol–water partition coefficient (Wildman–Crippen LogP) is -2.08. The van der Waals surface area contributed by atoms with E-state index in [1.54, 1.807) is 0 Å². The van der Waals surface area contributed by atoms with Crippen LogP contribution in [0.3, 0.4) is 0 Å². The van der Waals surface area contributed by atoms with Crippen molar-refractivity contribution < 1.29 is 24.3 Å². The summed E-state index contributed by atoms with van der Waals surface area (Å²) in [5, 5.41) is 7.01. The Morgan fingerprint density at radius 3 is 1.71 bits per heavy atom. The van der Waals surface area contributed by atoms with Crippen molar-refractivity contribution in [2.24, 2.45) is 0 Å². The van der Waals surface area contributed by atoms with E-state index in [4.69, 9.17) is 19.6 Å². The van der Waals surface area contributed by atoms with Crippen LogP contribution < -0.4 is 9.79 Å². The molecule has 0 fully saturated rings. The number of phosphoric acid groups is 1. The molecule has 0 aliphatic carbocycles. The van der Waals surface area contributed by atoms with E-state index < -0.39 is 7.82 Å². The molecule has 0 heterocycles. The summed E-state index contributed by atoms with van der Waals surface area (Å²) in [6.07, 6.45) is 0. The minimum Gasteiger partial charge on any atom is -0.788 e. The van der Waals surface area contributed by atoms with E-state index in [0.717, 1.165) is 0 Å². The third-order valence-electron chi connectivity index (χ3n) is 0.100. The smallest absolute Gasteiger partial charge is 0.788 e. The van der Waals surface area contributed by atoms with Gasteiger partial charge in [0.2, 0.25) is 0 Å². The van der Waals surface area contributed by atoms with Gasteiger partial charge in [0.15, 0.2) is 0 Å². The first-order chi connectivity index (χ1) is 2.56. The van der Waals surface area contributed by atoms with Crippen LogP contribution in [0.1, 0.15) is 0 Å². The van der Waals surface area contributed by atoms with E-state index >= 15 is 0 Å². The zero-order chi connectivity index (χ0) is 5.21. The van der Waals surface area contributed by atoms with Gasteiger partial charge in [-0.15, -0.1) is 0 Å². The first kappa shape index (κ1) is 10.3. The van der Waals surface area contributed by atoms with Gasteiger partial charge in [0, 0.05) is 0 Å². The van der Waals surface area contributed by atoms with E-state index in [2.05, 4.69) is 4.67 Å². The Kier molecular flexibility index (Phi) is 4.79. The molecular formula is HBeO5P. The minimum atomic E-state index is -5.09. The fourth-order valence-electron chi connectivity index (χ4n) is 0. The second kappa shape index (κ2) is 3.27. The maximum absolute atomic E-state index is 9.00. The standard InChI is InChI=1S/Be.H3O5P/c;1-5-6(2,3)4/h;1H,(H2,2,3,4)/q+2;/p-2. The van der Waals surface area contributed by atoms with Gasteiger partial charge in [-0.1, -0.05) is 0 Å². The van der Waals surface area contributed by atoms with Crippen LogP contribution in [-0.2, 0) is 9.24 Å². The Hall–Kier alpha value is 0.239. The average molecular weight is 121 g/mol. The van der Waals surface area contributed by atoms with Crippen molar-refractivity contribution in [3.05, 3.63) is 0 Å². The summed E-state index contributed by atoms with van der Waals surface area (Å²) < 4.78 is 11.4. The molecule has 0 unspecified atom stereocenters. The van der Waals surface area contributed by atoms with Crippen molar-refractivity contribution in [2.45, 2.75) is 0 Å². The van der Waals surface area contributed by atoms with E-state index in [1.165, 1.54) is 0 Å². The molecule has 0 spiro atoms. The topological polar surface area (TPSA) is 92.7 Å². The molecule has 0 bridgehead atoms. The third-order valence-corrected chi connectivity index (χ3v) is 0.300. The first-order valence-electron chi connectivity index (χ1n) is 0.913. The third kappa shape index (κ3) is 10.7. The van der Waals surface area contributed by atoms with Crippen molar-refractivity contribution in [1.29, 1.82) is 0 Å². The van der Waals surface area contributed by atoms with Crippen LogP contribution >= 0.6 is 7.82 Å². The van der Waals surface area contributed by atoms with E-state index in [0.29, 0.717) is 0 Å². The molecule has 0 atom stereocenters. The average Bonchev–Trinajstić information content (AvgIpc) is 1.35. The fraction of sp³-hybridized carbons (Fsp3) is 0. The SMILES string of the molecule is O=P([O-])([O-])OO.[Be+2]. The molecule has 38 valence electrons. The van der Waals surface area contributed by atoms with E-state index in [-0.39, 0.29) is 10.1 Å². The normalized spacial score (nSPS) is 10.1. The van der Waals surface area contributed by atoms with E-state index in [1.807, 2.05) is 0 Å². The summed E-state index contributed by atoms with van der Waals surface area (Å²) in [6.45, 7) is 0. The van der Waals surface area contributed by atoms with Gasteiger partial charge in [-0.25, -0.2) is 9.93 Å². The maximum Gasteiger partial charge on any atom is 2.00 e. The Morgan fingerprint density at radius 2 is 1.71 bits per heavy atom. The summed E-state index contributed by atoms with van der Waals surface area (Å²) >= 11 is 0. The van der Waals surface area contributed by atoms with Crippen LogP contribution in [-0.4, -0.2) is 15.4 Å². The zero-order valence-corrected chi connectivity index (χ0v) is 4.13. The molecular weight excluding hydrogens is 120 g/mol. The second-order valence-corrected chi connectivity index (χ2v) is 1.59. The summed E-state index contributed by atoms with van der Waals surface area (Å²) in [7, 11) is -5.09. The Morgan fingerprint density at radius 1 is 1.57 bits per heavy atom. The van der Waals surface area contributed by atoms with Crippen molar-refractivity contribution in [2.75, 3.05) is 0 Å². The van der Waals surface area contributed by atoms with E-state index in [9.17, 15) is 0 Å². The molecule has 0 amide bonds. The summed E-state index contributed by atoms with van der Waals surface area (Å²) in [5.41, 5.74) is 0. The van der Waals surface area contributed by atoms with Gasteiger partial charge in [-0.05, 0) is 0 Å². The van der Waals surface area contributed by atoms with Gasteiger partial charge < -0.3 is 14.4 Å².